The molecule has 0 saturated heterocycles. The fraction of sp³-hybridized carbons (Fsp3) is 0.545. The first-order chi connectivity index (χ1) is 8.92. The summed E-state index contributed by atoms with van der Waals surface area (Å²) in [4.78, 5) is 6.70. The molecule has 2 aliphatic heterocycles. The van der Waals surface area contributed by atoms with Gasteiger partial charge in [0, 0.05) is 32.4 Å². The van der Waals surface area contributed by atoms with Gasteiger partial charge in [-0.15, -0.1) is 10.2 Å². The molecule has 1 radical (unpaired) electrons. The van der Waals surface area contributed by atoms with Crippen LogP contribution in [0.2, 0.25) is 0 Å². The lowest BCUT2D eigenvalue weighted by molar-refractivity contribution is 0.107. The summed E-state index contributed by atoms with van der Waals surface area (Å²) in [5, 5.41) is 11.6. The highest BCUT2D eigenvalue weighted by atomic mass is 15.4. The van der Waals surface area contributed by atoms with Crippen LogP contribution in [0.3, 0.4) is 0 Å². The second-order valence-electron chi connectivity index (χ2n) is 4.69. The van der Waals surface area contributed by atoms with Gasteiger partial charge in [-0.1, -0.05) is 0 Å². The average Bonchev–Trinajstić information content (AvgIpc) is 3.05. The maximum atomic E-state index is 4.35. The summed E-state index contributed by atoms with van der Waals surface area (Å²) >= 11 is 0. The summed E-state index contributed by atoms with van der Waals surface area (Å²) < 4.78 is 4.28. The molecule has 1 N–H and O–H groups in total. The SMILES string of the molecule is [c]1cn2c(n1)C(N1CCn3cnnc3C1)NCC2. The molecule has 0 amide bonds. The van der Waals surface area contributed by atoms with Crippen LogP contribution in [-0.2, 0) is 19.6 Å². The van der Waals surface area contributed by atoms with Gasteiger partial charge in [0.2, 0.25) is 0 Å². The van der Waals surface area contributed by atoms with E-state index >= 15 is 0 Å². The Bertz CT molecular complexity index is 557. The molecule has 1 unspecified atom stereocenters. The molecule has 0 saturated carbocycles. The van der Waals surface area contributed by atoms with Crippen molar-refractivity contribution in [2.45, 2.75) is 25.8 Å². The largest absolute Gasteiger partial charge is 0.330 e. The molecule has 1 atom stereocenters. The van der Waals surface area contributed by atoms with E-state index in [0.29, 0.717) is 0 Å². The van der Waals surface area contributed by atoms with Crippen LogP contribution in [0.5, 0.6) is 0 Å². The molecule has 0 aliphatic carbocycles. The lowest BCUT2D eigenvalue weighted by atomic mass is 10.2. The monoisotopic (exact) mass is 244 g/mol. The Hall–Kier alpha value is -1.73. The van der Waals surface area contributed by atoms with E-state index in [2.05, 4.69) is 40.7 Å². The first kappa shape index (κ1) is 10.2. The summed E-state index contributed by atoms with van der Waals surface area (Å²) in [6, 6.07) is 0. The maximum Gasteiger partial charge on any atom is 0.147 e. The second-order valence-corrected chi connectivity index (χ2v) is 4.69. The van der Waals surface area contributed by atoms with E-state index < -0.39 is 0 Å². The number of fused-ring (bicyclic) bond motifs is 2. The van der Waals surface area contributed by atoms with Crippen molar-refractivity contribution in [3.63, 3.8) is 0 Å². The third-order valence-electron chi connectivity index (χ3n) is 3.66. The van der Waals surface area contributed by atoms with Gasteiger partial charge >= 0.3 is 0 Å². The van der Waals surface area contributed by atoms with Crippen LogP contribution < -0.4 is 5.32 Å². The Morgan fingerprint density at radius 3 is 3.28 bits per heavy atom. The number of aromatic nitrogens is 5. The topological polar surface area (TPSA) is 63.8 Å². The Balaban J connectivity index is 1.63. The lowest BCUT2D eigenvalue weighted by Crippen LogP contribution is -2.47. The van der Waals surface area contributed by atoms with Gasteiger partial charge in [-0.05, 0) is 0 Å². The van der Waals surface area contributed by atoms with Crippen LogP contribution >= 0.6 is 0 Å². The molecule has 0 bridgehead atoms. The van der Waals surface area contributed by atoms with Crippen molar-refractivity contribution in [3.05, 3.63) is 30.4 Å². The minimum Gasteiger partial charge on any atom is -0.330 e. The summed E-state index contributed by atoms with van der Waals surface area (Å²) in [5.41, 5.74) is 0. The molecule has 2 aromatic heterocycles. The normalized spacial score (nSPS) is 23.7. The minimum absolute atomic E-state index is 0.162. The first-order valence-electron chi connectivity index (χ1n) is 6.19. The number of hydrogen-bond donors (Lipinski definition) is 1. The fourth-order valence-electron chi connectivity index (χ4n) is 2.70. The van der Waals surface area contributed by atoms with Crippen molar-refractivity contribution < 1.29 is 0 Å². The molecule has 4 rings (SSSR count). The van der Waals surface area contributed by atoms with Gasteiger partial charge in [-0.2, -0.15) is 0 Å². The van der Waals surface area contributed by atoms with Gasteiger partial charge in [0.1, 0.15) is 30.3 Å². The summed E-state index contributed by atoms with van der Waals surface area (Å²) in [6.07, 6.45) is 6.83. The van der Waals surface area contributed by atoms with Crippen molar-refractivity contribution >= 4 is 0 Å². The van der Waals surface area contributed by atoms with Crippen molar-refractivity contribution in [1.82, 2.24) is 34.5 Å². The van der Waals surface area contributed by atoms with Crippen molar-refractivity contribution in [3.8, 4) is 0 Å². The number of imidazole rings is 1. The van der Waals surface area contributed by atoms with Gasteiger partial charge in [0.05, 0.1) is 6.54 Å². The highest BCUT2D eigenvalue weighted by molar-refractivity contribution is 5.03. The Labute approximate surface area is 104 Å². The Morgan fingerprint density at radius 2 is 2.28 bits per heavy atom. The lowest BCUT2D eigenvalue weighted by Gasteiger charge is -2.36. The van der Waals surface area contributed by atoms with E-state index in [1.165, 1.54) is 0 Å². The van der Waals surface area contributed by atoms with E-state index in [1.807, 2.05) is 6.20 Å². The van der Waals surface area contributed by atoms with E-state index in [9.17, 15) is 0 Å². The maximum absolute atomic E-state index is 4.35. The minimum atomic E-state index is 0.162. The quantitative estimate of drug-likeness (QED) is 0.725. The first-order valence-corrected chi connectivity index (χ1v) is 6.19. The summed E-state index contributed by atoms with van der Waals surface area (Å²) in [5.74, 6) is 2.07. The Kier molecular flexibility index (Phi) is 2.21. The highest BCUT2D eigenvalue weighted by Crippen LogP contribution is 2.23. The van der Waals surface area contributed by atoms with Crippen molar-refractivity contribution in [2.75, 3.05) is 13.1 Å². The molecule has 7 nitrogen and oxygen atoms in total. The molecule has 7 heteroatoms. The zero-order valence-electron chi connectivity index (χ0n) is 9.95. The fourth-order valence-corrected chi connectivity index (χ4v) is 2.70. The molecule has 0 spiro atoms. The van der Waals surface area contributed by atoms with E-state index in [1.54, 1.807) is 6.33 Å². The van der Waals surface area contributed by atoms with Crippen LogP contribution in [-0.4, -0.2) is 42.3 Å². The van der Waals surface area contributed by atoms with E-state index in [0.717, 1.165) is 44.4 Å². The van der Waals surface area contributed by atoms with Gasteiger partial charge in [0.15, 0.2) is 0 Å². The molecule has 0 aromatic carbocycles. The van der Waals surface area contributed by atoms with Crippen LogP contribution in [0.25, 0.3) is 0 Å². The predicted octanol–water partition coefficient (Wildman–Crippen LogP) is -0.608. The van der Waals surface area contributed by atoms with Crippen LogP contribution in [0, 0.1) is 6.20 Å². The summed E-state index contributed by atoms with van der Waals surface area (Å²) in [7, 11) is 0. The molecular weight excluding hydrogens is 230 g/mol. The smallest absolute Gasteiger partial charge is 0.147 e. The zero-order valence-corrected chi connectivity index (χ0v) is 9.95. The summed E-state index contributed by atoms with van der Waals surface area (Å²) in [6.45, 7) is 4.66. The standard InChI is InChI=1S/C11H14N7/c1-3-16-4-2-13-11(10(16)12-1)17-5-6-18-8-14-15-9(18)7-17/h3,8,11,13H,2,4-7H2. The highest BCUT2D eigenvalue weighted by Gasteiger charge is 2.30. The molecular formula is C11H14N7. The van der Waals surface area contributed by atoms with Gasteiger partial charge in [-0.3, -0.25) is 10.2 Å². The predicted molar refractivity (Wildman–Crippen MR) is 62.2 cm³/mol. The molecule has 2 aliphatic rings. The molecule has 0 fully saturated rings. The Morgan fingerprint density at radius 1 is 1.28 bits per heavy atom. The van der Waals surface area contributed by atoms with Crippen molar-refractivity contribution in [2.24, 2.45) is 0 Å². The van der Waals surface area contributed by atoms with Gasteiger partial charge in [0.25, 0.3) is 0 Å². The zero-order chi connectivity index (χ0) is 11.9. The van der Waals surface area contributed by atoms with Crippen LogP contribution in [0.15, 0.2) is 12.5 Å². The van der Waals surface area contributed by atoms with E-state index in [4.69, 9.17) is 0 Å². The number of nitrogens with one attached hydrogen (secondary N) is 1. The third kappa shape index (κ3) is 1.48. The molecule has 2 aromatic rings. The molecule has 4 heterocycles. The van der Waals surface area contributed by atoms with Gasteiger partial charge in [-0.25, -0.2) is 4.98 Å². The van der Waals surface area contributed by atoms with Crippen molar-refractivity contribution in [1.29, 1.82) is 0 Å². The van der Waals surface area contributed by atoms with Gasteiger partial charge < -0.3 is 9.13 Å². The molecule has 18 heavy (non-hydrogen) atoms. The average molecular weight is 244 g/mol. The number of nitrogens with zero attached hydrogens (tertiary/aromatic N) is 6. The second kappa shape index (κ2) is 3.89. The molecule has 93 valence electrons. The van der Waals surface area contributed by atoms with Crippen LogP contribution in [0.1, 0.15) is 17.8 Å². The third-order valence-corrected chi connectivity index (χ3v) is 3.66. The van der Waals surface area contributed by atoms with Crippen LogP contribution in [0.4, 0.5) is 0 Å². The number of rotatable bonds is 1. The van der Waals surface area contributed by atoms with E-state index in [-0.39, 0.29) is 6.17 Å². The number of hydrogen-bond acceptors (Lipinski definition) is 5.